The third kappa shape index (κ3) is 21.8. The van der Waals surface area contributed by atoms with Crippen molar-refractivity contribution in [2.24, 2.45) is 5.73 Å². The average Bonchev–Trinajstić information content (AvgIpc) is 2.33. The van der Waals surface area contributed by atoms with E-state index in [0.29, 0.717) is 6.54 Å². The lowest BCUT2D eigenvalue weighted by atomic mass is 10.1. The van der Waals surface area contributed by atoms with Gasteiger partial charge >= 0.3 is 7.60 Å². The number of rotatable bonds is 13. The van der Waals surface area contributed by atoms with Gasteiger partial charge in [0.15, 0.2) is 5.96 Å². The van der Waals surface area contributed by atoms with Crippen LogP contribution in [0.5, 0.6) is 0 Å². The molecule has 0 aromatic heterocycles. The maximum absolute atomic E-state index is 10.6. The molecule has 9 N–H and O–H groups in total. The summed E-state index contributed by atoms with van der Waals surface area (Å²) in [5, 5.41) is 12.5. The molecule has 0 rings (SSSR count). The molecule has 9 heteroatoms. The van der Waals surface area contributed by atoms with E-state index in [4.69, 9.17) is 20.9 Å². The van der Waals surface area contributed by atoms with Crippen LogP contribution in [0.1, 0.15) is 51.4 Å². The minimum absolute atomic E-state index is 0. The van der Waals surface area contributed by atoms with E-state index in [1.807, 2.05) is 0 Å². The van der Waals surface area contributed by atoms with Gasteiger partial charge in [-0.2, -0.15) is 0 Å². The van der Waals surface area contributed by atoms with Crippen molar-refractivity contribution < 1.29 is 19.8 Å². The van der Waals surface area contributed by atoms with E-state index in [0.717, 1.165) is 32.2 Å². The number of unbranched alkanes of at least 4 members (excludes halogenated alkanes) is 7. The minimum Gasteiger partial charge on any atom is -0.412 e. The van der Waals surface area contributed by atoms with Crippen LogP contribution in [-0.4, -0.2) is 40.6 Å². The van der Waals surface area contributed by atoms with E-state index in [9.17, 15) is 4.57 Å². The first-order chi connectivity index (χ1) is 9.42. The second-order valence-corrected chi connectivity index (χ2v) is 6.64. The van der Waals surface area contributed by atoms with Gasteiger partial charge in [0.05, 0.1) is 6.29 Å². The van der Waals surface area contributed by atoms with Crippen LogP contribution in [0.25, 0.3) is 0 Å². The van der Waals surface area contributed by atoms with Crippen LogP contribution in [-0.2, 0) is 4.57 Å². The van der Waals surface area contributed by atoms with E-state index >= 15 is 0 Å². The van der Waals surface area contributed by atoms with E-state index in [2.05, 4.69) is 10.6 Å². The largest absolute Gasteiger partial charge is 0.412 e. The molecule has 0 aliphatic rings. The van der Waals surface area contributed by atoms with Crippen molar-refractivity contribution >= 4 is 13.6 Å². The quantitative estimate of drug-likeness (QED) is 0.125. The highest BCUT2D eigenvalue weighted by atomic mass is 31.2. The average molecular weight is 326 g/mol. The fourth-order valence-electron chi connectivity index (χ4n) is 1.88. The molecule has 0 aromatic rings. The molecule has 0 unspecified atom stereocenters. The molecule has 0 fully saturated rings. The predicted molar refractivity (Wildman–Crippen MR) is 85.4 cm³/mol. The monoisotopic (exact) mass is 326 g/mol. The molecule has 0 saturated carbocycles. The highest BCUT2D eigenvalue weighted by Crippen LogP contribution is 2.31. The maximum Gasteiger partial charge on any atom is 0.339 e. The van der Waals surface area contributed by atoms with Crippen molar-refractivity contribution in [2.45, 2.75) is 51.4 Å². The summed E-state index contributed by atoms with van der Waals surface area (Å²) in [4.78, 5) is 17.3. The van der Waals surface area contributed by atoms with E-state index in [-0.39, 0.29) is 17.7 Å². The second kappa shape index (κ2) is 14.3. The van der Waals surface area contributed by atoms with Crippen LogP contribution in [0.3, 0.4) is 0 Å². The van der Waals surface area contributed by atoms with Crippen molar-refractivity contribution in [3.8, 4) is 0 Å². The maximum atomic E-state index is 10.6. The van der Waals surface area contributed by atoms with Gasteiger partial charge in [-0.1, -0.05) is 38.5 Å². The molecule has 128 valence electrons. The Kier molecular flexibility index (Phi) is 15.4. The van der Waals surface area contributed by atoms with Crippen molar-refractivity contribution in [3.63, 3.8) is 0 Å². The van der Waals surface area contributed by atoms with Crippen molar-refractivity contribution in [3.05, 3.63) is 0 Å². The molecule has 0 aromatic carbocycles. The summed E-state index contributed by atoms with van der Waals surface area (Å²) in [6.45, 7) is 1.45. The number of nitrogens with one attached hydrogen (secondary N) is 3. The molecule has 21 heavy (non-hydrogen) atoms. The molecule has 0 saturated heterocycles. The van der Waals surface area contributed by atoms with Gasteiger partial charge in [-0.3, -0.25) is 9.97 Å². The molecule has 0 atom stereocenters. The smallest absolute Gasteiger partial charge is 0.339 e. The van der Waals surface area contributed by atoms with Crippen molar-refractivity contribution in [2.75, 3.05) is 19.4 Å². The Morgan fingerprint density at radius 1 is 0.952 bits per heavy atom. The summed E-state index contributed by atoms with van der Waals surface area (Å²) in [5.41, 5.74) is 5.17. The first-order valence-electron chi connectivity index (χ1n) is 7.25. The molecule has 0 amide bonds. The van der Waals surface area contributed by atoms with Gasteiger partial charge in [-0.05, 0) is 19.4 Å². The molecule has 0 bridgehead atoms. The first kappa shape index (κ1) is 22.6. The summed E-state index contributed by atoms with van der Waals surface area (Å²) in [6, 6.07) is 0. The summed E-state index contributed by atoms with van der Waals surface area (Å²) in [7, 11) is -3.89. The molecule has 8 nitrogen and oxygen atoms in total. The predicted octanol–water partition coefficient (Wildman–Crippen LogP) is 0.490. The number of guanidine groups is 1. The highest BCUT2D eigenvalue weighted by molar-refractivity contribution is 7.51. The Balaban J connectivity index is 0. The van der Waals surface area contributed by atoms with Crippen molar-refractivity contribution in [1.29, 1.82) is 5.41 Å². The Morgan fingerprint density at radius 2 is 1.38 bits per heavy atom. The van der Waals surface area contributed by atoms with Crippen LogP contribution in [0, 0.1) is 5.41 Å². The zero-order chi connectivity index (χ0) is 15.3. The molecule has 0 spiro atoms. The van der Waals surface area contributed by atoms with Gasteiger partial charge in [-0.25, -0.2) is 0 Å². The van der Waals surface area contributed by atoms with Gasteiger partial charge in [-0.15, -0.1) is 0 Å². The molecular formula is C12H31N4O4P. The minimum atomic E-state index is -3.89. The SMILES string of the molecule is N=C(N)NCCCCCCCCCCNCP(=O)(O)O.O. The molecule has 0 heterocycles. The molecule has 0 aliphatic heterocycles. The van der Waals surface area contributed by atoms with Gasteiger partial charge in [0, 0.05) is 6.54 Å². The third-order valence-corrected chi connectivity index (χ3v) is 3.55. The summed E-state index contributed by atoms with van der Waals surface area (Å²) in [6.07, 6.45) is 8.84. The lowest BCUT2D eigenvalue weighted by molar-refractivity contribution is 0.367. The lowest BCUT2D eigenvalue weighted by Gasteiger charge is -2.06. The number of hydrogen-bond donors (Lipinski definition) is 6. The Hall–Kier alpha value is -0.660. The highest BCUT2D eigenvalue weighted by Gasteiger charge is 2.10. The Labute approximate surface area is 126 Å². The van der Waals surface area contributed by atoms with Crippen LogP contribution in [0.15, 0.2) is 0 Å². The summed E-state index contributed by atoms with van der Waals surface area (Å²) >= 11 is 0. The number of nitrogens with two attached hydrogens (primary N) is 1. The topological polar surface area (TPSA) is 163 Å². The van der Waals surface area contributed by atoms with Gasteiger partial charge in [0.1, 0.15) is 0 Å². The summed E-state index contributed by atoms with van der Waals surface area (Å²) in [5.74, 6) is 0.0392. The Morgan fingerprint density at radius 3 is 1.81 bits per heavy atom. The number of hydrogen-bond acceptors (Lipinski definition) is 3. The van der Waals surface area contributed by atoms with E-state index in [1.165, 1.54) is 25.7 Å². The molecule has 0 aliphatic carbocycles. The fourth-order valence-corrected chi connectivity index (χ4v) is 2.33. The van der Waals surface area contributed by atoms with E-state index < -0.39 is 7.60 Å². The summed E-state index contributed by atoms with van der Waals surface area (Å²) < 4.78 is 10.6. The van der Waals surface area contributed by atoms with Crippen molar-refractivity contribution in [1.82, 2.24) is 10.6 Å². The third-order valence-electron chi connectivity index (χ3n) is 2.91. The van der Waals surface area contributed by atoms with Gasteiger partial charge in [0.25, 0.3) is 0 Å². The first-order valence-corrected chi connectivity index (χ1v) is 9.05. The second-order valence-electron chi connectivity index (χ2n) is 4.99. The van der Waals surface area contributed by atoms with Gasteiger partial charge in [0.2, 0.25) is 0 Å². The van der Waals surface area contributed by atoms with Gasteiger partial charge < -0.3 is 31.6 Å². The van der Waals surface area contributed by atoms with Crippen LogP contribution in [0.2, 0.25) is 0 Å². The lowest BCUT2D eigenvalue weighted by Crippen LogP contribution is -2.30. The molecular weight excluding hydrogens is 295 g/mol. The van der Waals surface area contributed by atoms with Crippen LogP contribution in [0.4, 0.5) is 0 Å². The van der Waals surface area contributed by atoms with Crippen LogP contribution >= 0.6 is 7.60 Å². The Bertz CT molecular complexity index is 299. The normalized spacial score (nSPS) is 11.0. The zero-order valence-corrected chi connectivity index (χ0v) is 13.5. The zero-order valence-electron chi connectivity index (χ0n) is 12.6. The van der Waals surface area contributed by atoms with Crippen LogP contribution < -0.4 is 16.4 Å². The standard InChI is InChI=1S/C12H29N4O3P.H2O/c13-12(14)16-10-8-6-4-2-1-3-5-7-9-15-11-20(17,18)19;/h15H,1-11H2,(H4,13,14,16)(H2,17,18,19);1H2. The van der Waals surface area contributed by atoms with E-state index in [1.54, 1.807) is 0 Å². The molecule has 0 radical (unpaired) electrons. The fraction of sp³-hybridized carbons (Fsp3) is 0.917.